The third-order valence-corrected chi connectivity index (χ3v) is 2.18. The zero-order valence-corrected chi connectivity index (χ0v) is 11.0. The van der Waals surface area contributed by atoms with Crippen LogP contribution >= 0.6 is 0 Å². The van der Waals surface area contributed by atoms with E-state index in [1.54, 1.807) is 7.11 Å². The van der Waals surface area contributed by atoms with Crippen molar-refractivity contribution in [3.05, 3.63) is 17.9 Å². The van der Waals surface area contributed by atoms with Crippen molar-refractivity contribution >= 4 is 5.69 Å². The lowest BCUT2D eigenvalue weighted by Gasteiger charge is -2.14. The molecule has 1 rings (SSSR count). The molecule has 0 fully saturated rings. The molecule has 0 heterocycles. The fraction of sp³-hybridized carbons (Fsp3) is 0.538. The summed E-state index contributed by atoms with van der Waals surface area (Å²) in [5.74, 6) is 0.106. The standard InChI is InChI=1S/C13H20FNO3/c1-9(2)18-12-8-13(11(15)7-10(12)14)17-6-4-5-16-3/h7-9H,4-6,15H2,1-3H3. The molecule has 0 saturated heterocycles. The average molecular weight is 257 g/mol. The average Bonchev–Trinajstić information content (AvgIpc) is 2.29. The second-order valence-corrected chi connectivity index (χ2v) is 4.18. The molecule has 5 heteroatoms. The van der Waals surface area contributed by atoms with Crippen LogP contribution in [0.25, 0.3) is 0 Å². The molecule has 0 aromatic heterocycles. The number of benzene rings is 1. The molecule has 1 aromatic rings. The van der Waals surface area contributed by atoms with Crippen molar-refractivity contribution < 1.29 is 18.6 Å². The molecule has 0 amide bonds. The highest BCUT2D eigenvalue weighted by Gasteiger charge is 2.11. The SMILES string of the molecule is COCCCOc1cc(OC(C)C)c(F)cc1N. The van der Waals surface area contributed by atoms with Crippen LogP contribution in [0.5, 0.6) is 11.5 Å². The van der Waals surface area contributed by atoms with Crippen LogP contribution in [0, 0.1) is 5.82 Å². The minimum Gasteiger partial charge on any atom is -0.491 e. The summed E-state index contributed by atoms with van der Waals surface area (Å²) in [7, 11) is 1.63. The summed E-state index contributed by atoms with van der Waals surface area (Å²) in [5, 5.41) is 0. The molecule has 0 bridgehead atoms. The molecule has 4 nitrogen and oxygen atoms in total. The maximum absolute atomic E-state index is 13.6. The van der Waals surface area contributed by atoms with E-state index in [2.05, 4.69) is 0 Å². The number of halogens is 1. The van der Waals surface area contributed by atoms with E-state index >= 15 is 0 Å². The van der Waals surface area contributed by atoms with E-state index in [9.17, 15) is 4.39 Å². The van der Waals surface area contributed by atoms with Crippen molar-refractivity contribution in [2.75, 3.05) is 26.1 Å². The zero-order valence-electron chi connectivity index (χ0n) is 11.0. The van der Waals surface area contributed by atoms with Crippen LogP contribution in [0.15, 0.2) is 12.1 Å². The first-order valence-electron chi connectivity index (χ1n) is 5.92. The molecule has 1 aromatic carbocycles. The van der Waals surface area contributed by atoms with Crippen molar-refractivity contribution in [2.24, 2.45) is 0 Å². The van der Waals surface area contributed by atoms with Gasteiger partial charge < -0.3 is 19.9 Å². The highest BCUT2D eigenvalue weighted by atomic mass is 19.1. The Hall–Kier alpha value is -1.49. The molecule has 0 unspecified atom stereocenters. The lowest BCUT2D eigenvalue weighted by atomic mass is 10.2. The highest BCUT2D eigenvalue weighted by Crippen LogP contribution is 2.30. The molecular weight excluding hydrogens is 237 g/mol. The number of methoxy groups -OCH3 is 1. The Balaban J connectivity index is 2.71. The van der Waals surface area contributed by atoms with Crippen LogP contribution in [0.4, 0.5) is 10.1 Å². The van der Waals surface area contributed by atoms with Gasteiger partial charge in [-0.25, -0.2) is 4.39 Å². The molecule has 2 N–H and O–H groups in total. The minimum absolute atomic E-state index is 0.107. The van der Waals surface area contributed by atoms with E-state index in [1.807, 2.05) is 13.8 Å². The van der Waals surface area contributed by atoms with Crippen molar-refractivity contribution in [1.82, 2.24) is 0 Å². The van der Waals surface area contributed by atoms with Gasteiger partial charge in [-0.15, -0.1) is 0 Å². The predicted octanol–water partition coefficient (Wildman–Crippen LogP) is 2.61. The summed E-state index contributed by atoms with van der Waals surface area (Å²) >= 11 is 0. The smallest absolute Gasteiger partial charge is 0.167 e. The van der Waals surface area contributed by atoms with Gasteiger partial charge in [0.15, 0.2) is 11.6 Å². The summed E-state index contributed by atoms with van der Waals surface area (Å²) < 4.78 is 29.3. The molecule has 0 aliphatic heterocycles. The lowest BCUT2D eigenvalue weighted by molar-refractivity contribution is 0.172. The van der Waals surface area contributed by atoms with Crippen LogP contribution in [0.1, 0.15) is 20.3 Å². The Bertz CT molecular complexity index is 383. The fourth-order valence-corrected chi connectivity index (χ4v) is 1.40. The molecular formula is C13H20FNO3. The summed E-state index contributed by atoms with van der Waals surface area (Å²) in [5.41, 5.74) is 5.95. The van der Waals surface area contributed by atoms with Crippen molar-refractivity contribution in [3.8, 4) is 11.5 Å². The number of hydrogen-bond acceptors (Lipinski definition) is 4. The predicted molar refractivity (Wildman–Crippen MR) is 68.6 cm³/mol. The van der Waals surface area contributed by atoms with Crippen LogP contribution in [-0.4, -0.2) is 26.4 Å². The molecule has 0 radical (unpaired) electrons. The topological polar surface area (TPSA) is 53.7 Å². The van der Waals surface area contributed by atoms with Gasteiger partial charge in [0.05, 0.1) is 18.4 Å². The third kappa shape index (κ3) is 4.41. The summed E-state index contributed by atoms with van der Waals surface area (Å²) in [6.45, 7) is 4.73. The van der Waals surface area contributed by atoms with Crippen LogP contribution in [0.2, 0.25) is 0 Å². The van der Waals surface area contributed by atoms with E-state index in [0.29, 0.717) is 19.0 Å². The van der Waals surface area contributed by atoms with Gasteiger partial charge >= 0.3 is 0 Å². The number of nitrogen functional groups attached to an aromatic ring is 1. The van der Waals surface area contributed by atoms with Gasteiger partial charge in [0, 0.05) is 32.3 Å². The van der Waals surface area contributed by atoms with E-state index in [1.165, 1.54) is 12.1 Å². The van der Waals surface area contributed by atoms with Gasteiger partial charge in [-0.05, 0) is 13.8 Å². The molecule has 0 aliphatic carbocycles. The van der Waals surface area contributed by atoms with E-state index in [-0.39, 0.29) is 17.5 Å². The van der Waals surface area contributed by atoms with Gasteiger partial charge in [-0.1, -0.05) is 0 Å². The number of rotatable bonds is 7. The number of hydrogen-bond donors (Lipinski definition) is 1. The van der Waals surface area contributed by atoms with E-state index in [0.717, 1.165) is 6.42 Å². The molecule has 0 spiro atoms. The largest absolute Gasteiger partial charge is 0.491 e. The summed E-state index contributed by atoms with van der Waals surface area (Å²) in [4.78, 5) is 0. The number of nitrogens with two attached hydrogens (primary N) is 1. The van der Waals surface area contributed by atoms with E-state index in [4.69, 9.17) is 19.9 Å². The van der Waals surface area contributed by atoms with Gasteiger partial charge in [0.25, 0.3) is 0 Å². The minimum atomic E-state index is -0.481. The third-order valence-electron chi connectivity index (χ3n) is 2.18. The van der Waals surface area contributed by atoms with Gasteiger partial charge in [-0.3, -0.25) is 0 Å². The van der Waals surface area contributed by atoms with Crippen molar-refractivity contribution in [1.29, 1.82) is 0 Å². The van der Waals surface area contributed by atoms with Crippen LogP contribution < -0.4 is 15.2 Å². The van der Waals surface area contributed by atoms with Crippen LogP contribution in [0.3, 0.4) is 0 Å². The second kappa shape index (κ2) is 7.06. The summed E-state index contributed by atoms with van der Waals surface area (Å²) in [6.07, 6.45) is 0.637. The van der Waals surface area contributed by atoms with Gasteiger partial charge in [-0.2, -0.15) is 0 Å². The normalized spacial score (nSPS) is 10.7. The Morgan fingerprint density at radius 2 is 1.94 bits per heavy atom. The quantitative estimate of drug-likeness (QED) is 0.602. The molecule has 18 heavy (non-hydrogen) atoms. The Morgan fingerprint density at radius 3 is 2.56 bits per heavy atom. The lowest BCUT2D eigenvalue weighted by Crippen LogP contribution is -2.09. The first-order valence-corrected chi connectivity index (χ1v) is 5.92. The highest BCUT2D eigenvalue weighted by molar-refractivity contribution is 5.56. The fourth-order valence-electron chi connectivity index (χ4n) is 1.40. The van der Waals surface area contributed by atoms with Crippen molar-refractivity contribution in [3.63, 3.8) is 0 Å². The maximum atomic E-state index is 13.6. The maximum Gasteiger partial charge on any atom is 0.167 e. The number of ether oxygens (including phenoxy) is 3. The molecule has 0 atom stereocenters. The van der Waals surface area contributed by atoms with Crippen molar-refractivity contribution in [2.45, 2.75) is 26.4 Å². The molecule has 0 aliphatic rings. The Morgan fingerprint density at radius 1 is 1.22 bits per heavy atom. The molecule has 0 saturated carbocycles. The molecule has 102 valence electrons. The first-order chi connectivity index (χ1) is 8.54. The first kappa shape index (κ1) is 14.6. The number of anilines is 1. The monoisotopic (exact) mass is 257 g/mol. The Kier molecular flexibility index (Phi) is 5.71. The van der Waals surface area contributed by atoms with Crippen LogP contribution in [-0.2, 0) is 4.74 Å². The Labute approximate surface area is 107 Å². The zero-order chi connectivity index (χ0) is 13.5. The van der Waals surface area contributed by atoms with E-state index < -0.39 is 5.82 Å². The van der Waals surface area contributed by atoms with Gasteiger partial charge in [0.1, 0.15) is 5.75 Å². The second-order valence-electron chi connectivity index (χ2n) is 4.18. The summed E-state index contributed by atoms with van der Waals surface area (Å²) in [6, 6.07) is 2.70. The van der Waals surface area contributed by atoms with Gasteiger partial charge in [0.2, 0.25) is 0 Å².